The van der Waals surface area contributed by atoms with Gasteiger partial charge in [-0.15, -0.1) is 0 Å². The number of rotatable bonds is 6. The number of carbonyl (C=O) groups is 1. The Morgan fingerprint density at radius 3 is 2.07 bits per heavy atom. The predicted molar refractivity (Wildman–Crippen MR) is 116 cm³/mol. The van der Waals surface area contributed by atoms with Gasteiger partial charge in [0.15, 0.2) is 0 Å². The molecule has 3 saturated heterocycles. The van der Waals surface area contributed by atoms with E-state index in [9.17, 15) is 9.90 Å². The normalized spacial score (nSPS) is 28.5. The Morgan fingerprint density at radius 1 is 1.03 bits per heavy atom. The van der Waals surface area contributed by atoms with Crippen molar-refractivity contribution in [1.82, 2.24) is 9.80 Å². The molecular weight excluding hydrogens is 360 g/mol. The molecule has 0 spiro atoms. The molecule has 0 aromatic heterocycles. The maximum absolute atomic E-state index is 13.1. The second-order valence-corrected chi connectivity index (χ2v) is 8.34. The van der Waals surface area contributed by atoms with E-state index in [1.165, 1.54) is 11.1 Å². The second kappa shape index (κ2) is 8.68. The highest BCUT2D eigenvalue weighted by atomic mass is 16.3. The zero-order valence-corrected chi connectivity index (χ0v) is 17.4. The van der Waals surface area contributed by atoms with Crippen molar-refractivity contribution in [3.63, 3.8) is 0 Å². The molecular formula is C25H32N2O2. The lowest BCUT2D eigenvalue weighted by atomic mass is 9.67. The van der Waals surface area contributed by atoms with E-state index in [1.54, 1.807) is 0 Å². The summed E-state index contributed by atoms with van der Waals surface area (Å²) in [7, 11) is 0. The van der Waals surface area contributed by atoms with Gasteiger partial charge < -0.3 is 10.0 Å². The molecule has 2 bridgehead atoms. The van der Waals surface area contributed by atoms with E-state index in [0.29, 0.717) is 0 Å². The van der Waals surface area contributed by atoms with Gasteiger partial charge in [0.2, 0.25) is 5.91 Å². The zero-order chi connectivity index (χ0) is 20.4. The van der Waals surface area contributed by atoms with Crippen LogP contribution in [0.4, 0.5) is 0 Å². The molecule has 0 radical (unpaired) electrons. The summed E-state index contributed by atoms with van der Waals surface area (Å²) < 4.78 is 0. The average Bonchev–Trinajstić information content (AvgIpc) is 2.78. The molecule has 0 saturated carbocycles. The van der Waals surface area contributed by atoms with Gasteiger partial charge in [-0.3, -0.25) is 9.69 Å². The van der Waals surface area contributed by atoms with Gasteiger partial charge in [-0.25, -0.2) is 0 Å². The molecule has 3 aliphatic rings. The second-order valence-electron chi connectivity index (χ2n) is 8.34. The third-order valence-corrected chi connectivity index (χ3v) is 6.96. The first kappa shape index (κ1) is 20.1. The van der Waals surface area contributed by atoms with Gasteiger partial charge in [0.25, 0.3) is 0 Å². The van der Waals surface area contributed by atoms with Crippen molar-refractivity contribution in [3.05, 3.63) is 71.8 Å². The van der Waals surface area contributed by atoms with Crippen LogP contribution < -0.4 is 0 Å². The van der Waals surface area contributed by atoms with E-state index >= 15 is 0 Å². The number of hydrogen-bond donors (Lipinski definition) is 1. The first-order valence-corrected chi connectivity index (χ1v) is 11.0. The molecule has 1 amide bonds. The Labute approximate surface area is 174 Å². The predicted octanol–water partition coefficient (Wildman–Crippen LogP) is 3.37. The Hall–Kier alpha value is -2.17. The van der Waals surface area contributed by atoms with Crippen LogP contribution in [-0.4, -0.2) is 59.1 Å². The van der Waals surface area contributed by atoms with Crippen LogP contribution >= 0.6 is 0 Å². The largest absolute Gasteiger partial charge is 0.391 e. The number of fused-ring (bicyclic) bond motifs is 3. The van der Waals surface area contributed by atoms with Gasteiger partial charge in [-0.2, -0.15) is 0 Å². The van der Waals surface area contributed by atoms with Crippen molar-refractivity contribution in [2.75, 3.05) is 26.2 Å². The molecule has 3 heterocycles. The number of benzene rings is 2. The van der Waals surface area contributed by atoms with Crippen LogP contribution in [0.2, 0.25) is 0 Å². The fraction of sp³-hybridized carbons (Fsp3) is 0.480. The molecule has 3 aliphatic heterocycles. The average molecular weight is 393 g/mol. The Kier molecular flexibility index (Phi) is 6.02. The van der Waals surface area contributed by atoms with Crippen LogP contribution in [0, 0.1) is 11.8 Å². The SMILES string of the molecule is CCN(CC)C(=O)[C@H]1CN2CC[C@H]1[C@H](O)[C@@H]2C(c1ccccc1)c1ccccc1. The van der Waals surface area contributed by atoms with Crippen LogP contribution in [0.3, 0.4) is 0 Å². The quantitative estimate of drug-likeness (QED) is 0.820. The maximum Gasteiger partial charge on any atom is 0.227 e. The molecule has 3 fully saturated rings. The first-order valence-electron chi connectivity index (χ1n) is 11.0. The smallest absolute Gasteiger partial charge is 0.227 e. The van der Waals surface area contributed by atoms with Crippen molar-refractivity contribution in [2.45, 2.75) is 38.3 Å². The summed E-state index contributed by atoms with van der Waals surface area (Å²) in [6, 6.07) is 21.0. The summed E-state index contributed by atoms with van der Waals surface area (Å²) in [6.45, 7) is 7.22. The first-order chi connectivity index (χ1) is 14.2. The van der Waals surface area contributed by atoms with E-state index in [1.807, 2.05) is 30.9 Å². The van der Waals surface area contributed by atoms with Gasteiger partial charge >= 0.3 is 0 Å². The van der Waals surface area contributed by atoms with E-state index in [0.717, 1.165) is 32.6 Å². The van der Waals surface area contributed by atoms with Gasteiger partial charge in [-0.1, -0.05) is 60.7 Å². The topological polar surface area (TPSA) is 43.8 Å². The minimum atomic E-state index is -0.507. The Bertz CT molecular complexity index is 765. The van der Waals surface area contributed by atoms with Crippen molar-refractivity contribution in [3.8, 4) is 0 Å². The summed E-state index contributed by atoms with van der Waals surface area (Å²) in [4.78, 5) is 17.4. The Morgan fingerprint density at radius 2 is 1.59 bits per heavy atom. The summed E-state index contributed by atoms with van der Waals surface area (Å²) in [6.07, 6.45) is 0.387. The standard InChI is InChI=1S/C25H32N2O2/c1-3-26(4-2)25(29)21-17-27-16-15-20(21)24(28)23(27)22(18-11-7-5-8-12-18)19-13-9-6-10-14-19/h5-14,20-24,28H,3-4,15-17H2,1-2H3/t20-,21+,23+,24+/m1/s1. The van der Waals surface area contributed by atoms with Crippen molar-refractivity contribution < 1.29 is 9.90 Å². The minimum absolute atomic E-state index is 0.000645. The molecule has 1 N–H and O–H groups in total. The van der Waals surface area contributed by atoms with Gasteiger partial charge in [0, 0.05) is 37.5 Å². The third-order valence-electron chi connectivity index (χ3n) is 6.96. The van der Waals surface area contributed by atoms with Crippen molar-refractivity contribution >= 4 is 5.91 Å². The van der Waals surface area contributed by atoms with Crippen LogP contribution in [0.15, 0.2) is 60.7 Å². The number of hydrogen-bond acceptors (Lipinski definition) is 3. The van der Waals surface area contributed by atoms with E-state index in [4.69, 9.17) is 0 Å². The van der Waals surface area contributed by atoms with E-state index in [2.05, 4.69) is 53.4 Å². The number of carbonyl (C=O) groups excluding carboxylic acids is 1. The van der Waals surface area contributed by atoms with Crippen LogP contribution in [0.1, 0.15) is 37.3 Å². The van der Waals surface area contributed by atoms with Crippen molar-refractivity contribution in [1.29, 1.82) is 0 Å². The fourth-order valence-corrected chi connectivity index (χ4v) is 5.49. The van der Waals surface area contributed by atoms with E-state index < -0.39 is 6.10 Å². The third kappa shape index (κ3) is 3.72. The van der Waals surface area contributed by atoms with Gasteiger partial charge in [0.1, 0.15) is 0 Å². The molecule has 2 aromatic carbocycles. The molecule has 0 aliphatic carbocycles. The number of aliphatic hydroxyl groups excluding tert-OH is 1. The van der Waals surface area contributed by atoms with E-state index in [-0.39, 0.29) is 29.7 Å². The lowest BCUT2D eigenvalue weighted by Gasteiger charge is -2.55. The van der Waals surface area contributed by atoms with Crippen molar-refractivity contribution in [2.24, 2.45) is 11.8 Å². The van der Waals surface area contributed by atoms with Gasteiger partial charge in [-0.05, 0) is 37.9 Å². The number of nitrogens with zero attached hydrogens (tertiary/aromatic N) is 2. The fourth-order valence-electron chi connectivity index (χ4n) is 5.49. The monoisotopic (exact) mass is 392 g/mol. The molecule has 29 heavy (non-hydrogen) atoms. The number of aliphatic hydroxyl groups is 1. The summed E-state index contributed by atoms with van der Waals surface area (Å²) >= 11 is 0. The summed E-state index contributed by atoms with van der Waals surface area (Å²) in [5.41, 5.74) is 2.45. The molecule has 4 nitrogen and oxygen atoms in total. The molecule has 5 rings (SSSR count). The lowest BCUT2D eigenvalue weighted by molar-refractivity contribution is -0.156. The molecule has 1 unspecified atom stereocenters. The minimum Gasteiger partial charge on any atom is -0.391 e. The number of amides is 1. The molecule has 154 valence electrons. The van der Waals surface area contributed by atoms with Crippen LogP contribution in [-0.2, 0) is 4.79 Å². The summed E-state index contributed by atoms with van der Waals surface area (Å²) in [5.74, 6) is 0.244. The van der Waals surface area contributed by atoms with Crippen LogP contribution in [0.25, 0.3) is 0 Å². The molecule has 2 aromatic rings. The summed E-state index contributed by atoms with van der Waals surface area (Å²) in [5, 5.41) is 11.5. The molecule has 5 atom stereocenters. The lowest BCUT2D eigenvalue weighted by Crippen LogP contribution is -2.65. The zero-order valence-electron chi connectivity index (χ0n) is 17.4. The number of piperidine rings is 3. The highest BCUT2D eigenvalue weighted by molar-refractivity contribution is 5.79. The molecule has 4 heteroatoms. The van der Waals surface area contributed by atoms with Crippen LogP contribution in [0.5, 0.6) is 0 Å². The Balaban J connectivity index is 1.67. The maximum atomic E-state index is 13.1. The highest BCUT2D eigenvalue weighted by Gasteiger charge is 2.52. The van der Waals surface area contributed by atoms with Gasteiger partial charge in [0.05, 0.1) is 12.0 Å². The highest BCUT2D eigenvalue weighted by Crippen LogP contribution is 2.44.